The molecule has 3 rings (SSSR count). The molecule has 0 amide bonds. The van der Waals surface area contributed by atoms with Crippen LogP contribution in [0.4, 0.5) is 0 Å². The molecule has 0 radical (unpaired) electrons. The second-order valence-corrected chi connectivity index (χ2v) is 4.54. The van der Waals surface area contributed by atoms with Crippen molar-refractivity contribution in [2.45, 2.75) is 44.6 Å². The first-order chi connectivity index (χ1) is 6.77. The van der Waals surface area contributed by atoms with Gasteiger partial charge in [-0.15, -0.1) is 10.2 Å². The van der Waals surface area contributed by atoms with Gasteiger partial charge in [-0.2, -0.15) is 0 Å². The first-order valence-corrected chi connectivity index (χ1v) is 5.38. The molecule has 2 saturated carbocycles. The maximum absolute atomic E-state index is 4.31. The number of nitrogens with zero attached hydrogens (tertiary/aromatic N) is 3. The van der Waals surface area contributed by atoms with Crippen molar-refractivity contribution in [3.63, 3.8) is 0 Å². The molecule has 1 aromatic heterocycles. The molecule has 1 heterocycles. The molecule has 2 aliphatic rings. The Bertz CT molecular complexity index is 383. The van der Waals surface area contributed by atoms with Crippen LogP contribution in [0.25, 0.3) is 5.57 Å². The molecule has 2 aliphatic carbocycles. The Morgan fingerprint density at radius 3 is 2.50 bits per heavy atom. The van der Waals surface area contributed by atoms with E-state index in [1.165, 1.54) is 31.5 Å². The fraction of sp³-hybridized carbons (Fsp3) is 0.636. The monoisotopic (exact) mass is 189 g/mol. The Morgan fingerprint density at radius 1 is 1.29 bits per heavy atom. The average molecular weight is 189 g/mol. The third-order valence-electron chi connectivity index (χ3n) is 2.96. The Kier molecular flexibility index (Phi) is 1.58. The van der Waals surface area contributed by atoms with Gasteiger partial charge in [0.15, 0.2) is 5.82 Å². The van der Waals surface area contributed by atoms with E-state index in [4.69, 9.17) is 0 Å². The van der Waals surface area contributed by atoms with Gasteiger partial charge in [0.2, 0.25) is 0 Å². The molecule has 0 N–H and O–H groups in total. The molecule has 3 heteroatoms. The van der Waals surface area contributed by atoms with Crippen LogP contribution in [0.3, 0.4) is 0 Å². The van der Waals surface area contributed by atoms with E-state index < -0.39 is 0 Å². The van der Waals surface area contributed by atoms with E-state index in [9.17, 15) is 0 Å². The smallest absolute Gasteiger partial charge is 0.159 e. The summed E-state index contributed by atoms with van der Waals surface area (Å²) in [4.78, 5) is 0. The van der Waals surface area contributed by atoms with Gasteiger partial charge in [-0.25, -0.2) is 0 Å². The zero-order chi connectivity index (χ0) is 9.71. The molecule has 0 spiro atoms. The Labute approximate surface area is 83.8 Å². The molecule has 0 bridgehead atoms. The maximum atomic E-state index is 4.31. The van der Waals surface area contributed by atoms with Crippen LogP contribution in [-0.4, -0.2) is 14.8 Å². The van der Waals surface area contributed by atoms with Crippen LogP contribution in [0.1, 0.15) is 56.2 Å². The Hall–Kier alpha value is -1.12. The van der Waals surface area contributed by atoms with Gasteiger partial charge < -0.3 is 4.57 Å². The van der Waals surface area contributed by atoms with Crippen LogP contribution in [0.5, 0.6) is 0 Å². The largest absolute Gasteiger partial charge is 0.308 e. The molecule has 74 valence electrons. The number of allylic oxidation sites excluding steroid dienone is 1. The van der Waals surface area contributed by atoms with E-state index >= 15 is 0 Å². The molecule has 0 aliphatic heterocycles. The van der Waals surface area contributed by atoms with Crippen molar-refractivity contribution in [2.24, 2.45) is 0 Å². The lowest BCUT2D eigenvalue weighted by atomic mass is 10.3. The fourth-order valence-corrected chi connectivity index (χ4v) is 1.91. The highest BCUT2D eigenvalue weighted by atomic mass is 15.3. The average Bonchev–Trinajstić information content (AvgIpc) is 3.03. The molecular weight excluding hydrogens is 174 g/mol. The van der Waals surface area contributed by atoms with Crippen molar-refractivity contribution in [1.82, 2.24) is 14.8 Å². The summed E-state index contributed by atoms with van der Waals surface area (Å²) in [6, 6.07) is 0.673. The van der Waals surface area contributed by atoms with Crippen molar-refractivity contribution in [3.8, 4) is 0 Å². The van der Waals surface area contributed by atoms with E-state index in [0.29, 0.717) is 12.0 Å². The molecule has 14 heavy (non-hydrogen) atoms. The van der Waals surface area contributed by atoms with Gasteiger partial charge in [-0.1, -0.05) is 6.58 Å². The van der Waals surface area contributed by atoms with Crippen LogP contribution >= 0.6 is 0 Å². The van der Waals surface area contributed by atoms with Gasteiger partial charge in [0.25, 0.3) is 0 Å². The van der Waals surface area contributed by atoms with E-state index in [1.54, 1.807) is 0 Å². The summed E-state index contributed by atoms with van der Waals surface area (Å²) in [5.74, 6) is 2.91. The second-order valence-electron chi connectivity index (χ2n) is 4.54. The lowest BCUT2D eigenvalue weighted by Crippen LogP contribution is -2.03. The summed E-state index contributed by atoms with van der Waals surface area (Å²) in [7, 11) is 0. The van der Waals surface area contributed by atoms with Crippen LogP contribution in [0, 0.1) is 0 Å². The summed E-state index contributed by atoms with van der Waals surface area (Å²) >= 11 is 0. The molecule has 0 saturated heterocycles. The SMILES string of the molecule is C=C(C)c1nnc(C2CC2)n1C1CC1. The van der Waals surface area contributed by atoms with Crippen molar-refractivity contribution in [1.29, 1.82) is 0 Å². The molecule has 0 aromatic carbocycles. The van der Waals surface area contributed by atoms with Gasteiger partial charge >= 0.3 is 0 Å². The van der Waals surface area contributed by atoms with Crippen LogP contribution < -0.4 is 0 Å². The third-order valence-corrected chi connectivity index (χ3v) is 2.96. The fourth-order valence-electron chi connectivity index (χ4n) is 1.91. The van der Waals surface area contributed by atoms with E-state index in [2.05, 4.69) is 21.3 Å². The van der Waals surface area contributed by atoms with Crippen LogP contribution in [0.2, 0.25) is 0 Å². The van der Waals surface area contributed by atoms with Crippen LogP contribution in [0.15, 0.2) is 6.58 Å². The summed E-state index contributed by atoms with van der Waals surface area (Å²) < 4.78 is 2.33. The second kappa shape index (κ2) is 2.69. The van der Waals surface area contributed by atoms with E-state index in [0.717, 1.165) is 11.4 Å². The van der Waals surface area contributed by atoms with Crippen LogP contribution in [-0.2, 0) is 0 Å². The summed E-state index contributed by atoms with van der Waals surface area (Å²) in [5.41, 5.74) is 1.04. The number of aromatic nitrogens is 3. The molecule has 3 nitrogen and oxygen atoms in total. The highest BCUT2D eigenvalue weighted by Crippen LogP contribution is 2.45. The normalized spacial score (nSPS) is 21.2. The van der Waals surface area contributed by atoms with Crippen molar-refractivity contribution in [2.75, 3.05) is 0 Å². The van der Waals surface area contributed by atoms with E-state index in [-0.39, 0.29) is 0 Å². The van der Waals surface area contributed by atoms with Gasteiger partial charge in [-0.05, 0) is 38.2 Å². The molecule has 0 unspecified atom stereocenters. The third kappa shape index (κ3) is 1.19. The molecule has 2 fully saturated rings. The van der Waals surface area contributed by atoms with Gasteiger partial charge in [0.1, 0.15) is 5.82 Å². The van der Waals surface area contributed by atoms with E-state index in [1.807, 2.05) is 6.92 Å². The first-order valence-electron chi connectivity index (χ1n) is 5.38. The summed E-state index contributed by atoms with van der Waals surface area (Å²) in [6.45, 7) is 5.98. The predicted octanol–water partition coefficient (Wildman–Crippen LogP) is 2.52. The first kappa shape index (κ1) is 8.21. The maximum Gasteiger partial charge on any atom is 0.159 e. The van der Waals surface area contributed by atoms with Gasteiger partial charge in [-0.3, -0.25) is 0 Å². The number of hydrogen-bond acceptors (Lipinski definition) is 2. The highest BCUT2D eigenvalue weighted by molar-refractivity contribution is 5.55. The standard InChI is InChI=1S/C11H15N3/c1-7(2)10-12-13-11(8-3-4-8)14(10)9-5-6-9/h8-9H,1,3-6H2,2H3. The Balaban J connectivity index is 2.06. The minimum Gasteiger partial charge on any atom is -0.308 e. The van der Waals surface area contributed by atoms with Gasteiger partial charge in [0.05, 0.1) is 0 Å². The predicted molar refractivity (Wildman–Crippen MR) is 55.0 cm³/mol. The van der Waals surface area contributed by atoms with Crippen molar-refractivity contribution >= 4 is 5.57 Å². The van der Waals surface area contributed by atoms with Crippen molar-refractivity contribution < 1.29 is 0 Å². The summed E-state index contributed by atoms with van der Waals surface area (Å²) in [6.07, 6.45) is 5.16. The molecule has 0 atom stereocenters. The Morgan fingerprint density at radius 2 is 2.00 bits per heavy atom. The minimum atomic E-state index is 0.673. The number of rotatable bonds is 3. The number of hydrogen-bond donors (Lipinski definition) is 0. The highest BCUT2D eigenvalue weighted by Gasteiger charge is 2.36. The lowest BCUT2D eigenvalue weighted by molar-refractivity contribution is 0.675. The quantitative estimate of drug-likeness (QED) is 0.731. The molecule has 1 aromatic rings. The lowest BCUT2D eigenvalue weighted by Gasteiger charge is -2.07. The summed E-state index contributed by atoms with van der Waals surface area (Å²) in [5, 5.41) is 8.56. The topological polar surface area (TPSA) is 30.7 Å². The zero-order valence-corrected chi connectivity index (χ0v) is 8.53. The van der Waals surface area contributed by atoms with Crippen molar-refractivity contribution in [3.05, 3.63) is 18.2 Å². The zero-order valence-electron chi connectivity index (χ0n) is 8.53. The minimum absolute atomic E-state index is 0.673. The molecular formula is C11H15N3. The van der Waals surface area contributed by atoms with Gasteiger partial charge in [0, 0.05) is 12.0 Å².